The van der Waals surface area contributed by atoms with Gasteiger partial charge in [0.1, 0.15) is 0 Å². The van der Waals surface area contributed by atoms with E-state index in [0.717, 1.165) is 31.5 Å². The van der Waals surface area contributed by atoms with Gasteiger partial charge in [-0.1, -0.05) is 11.8 Å². The summed E-state index contributed by atoms with van der Waals surface area (Å²) in [7, 11) is 0. The Hall–Kier alpha value is -1.86. The minimum Gasteiger partial charge on any atom is -0.339 e. The minimum absolute atomic E-state index is 0.0476. The molecule has 2 heterocycles. The van der Waals surface area contributed by atoms with Crippen LogP contribution in [0.15, 0.2) is 18.5 Å². The maximum atomic E-state index is 12.1. The zero-order valence-corrected chi connectivity index (χ0v) is 9.65. The van der Waals surface area contributed by atoms with Gasteiger partial charge in [0, 0.05) is 31.0 Å². The van der Waals surface area contributed by atoms with E-state index in [2.05, 4.69) is 16.8 Å². The van der Waals surface area contributed by atoms with E-state index in [1.165, 1.54) is 0 Å². The lowest BCUT2D eigenvalue weighted by Crippen LogP contribution is -2.27. The number of carbonyl (C=O) groups excluding carboxylic acids is 1. The van der Waals surface area contributed by atoms with E-state index in [0.29, 0.717) is 12.1 Å². The lowest BCUT2D eigenvalue weighted by atomic mass is 10.2. The van der Waals surface area contributed by atoms with Crippen molar-refractivity contribution in [1.29, 1.82) is 0 Å². The summed E-state index contributed by atoms with van der Waals surface area (Å²) >= 11 is 0. The van der Waals surface area contributed by atoms with E-state index in [4.69, 9.17) is 5.73 Å². The van der Waals surface area contributed by atoms with E-state index < -0.39 is 0 Å². The number of nitrogens with two attached hydrogens (primary N) is 1. The molecule has 0 aliphatic carbocycles. The first kappa shape index (κ1) is 11.6. The van der Waals surface area contributed by atoms with Gasteiger partial charge in [0.25, 0.3) is 5.91 Å². The zero-order valence-electron chi connectivity index (χ0n) is 9.65. The van der Waals surface area contributed by atoms with Crippen LogP contribution in [-0.2, 0) is 0 Å². The van der Waals surface area contributed by atoms with Crippen LogP contribution < -0.4 is 5.73 Å². The Labute approximate surface area is 101 Å². The molecule has 1 fully saturated rings. The molecule has 2 N–H and O–H groups in total. The zero-order chi connectivity index (χ0) is 12.1. The first-order valence-corrected chi connectivity index (χ1v) is 5.74. The van der Waals surface area contributed by atoms with Crippen LogP contribution in [0.4, 0.5) is 0 Å². The van der Waals surface area contributed by atoms with E-state index in [-0.39, 0.29) is 5.91 Å². The fraction of sp³-hybridized carbons (Fsp3) is 0.385. The van der Waals surface area contributed by atoms with Crippen molar-refractivity contribution in [2.75, 3.05) is 19.6 Å². The van der Waals surface area contributed by atoms with Crippen molar-refractivity contribution in [3.05, 3.63) is 29.6 Å². The van der Waals surface area contributed by atoms with Crippen LogP contribution >= 0.6 is 0 Å². The maximum absolute atomic E-state index is 12.1. The van der Waals surface area contributed by atoms with E-state index in [9.17, 15) is 4.79 Å². The molecule has 17 heavy (non-hydrogen) atoms. The SMILES string of the molecule is NCC#Cc1cncc(C(=O)N2CCCC2)c1. The van der Waals surface area contributed by atoms with Gasteiger partial charge in [-0.25, -0.2) is 0 Å². The molecule has 0 atom stereocenters. The van der Waals surface area contributed by atoms with Crippen molar-refractivity contribution in [3.63, 3.8) is 0 Å². The molecule has 1 aliphatic heterocycles. The second-order valence-electron chi connectivity index (χ2n) is 3.97. The van der Waals surface area contributed by atoms with Crippen molar-refractivity contribution in [2.24, 2.45) is 5.73 Å². The molecule has 1 aliphatic rings. The standard InChI is InChI=1S/C13H15N3O/c14-5-3-4-11-8-12(10-15-9-11)13(17)16-6-1-2-7-16/h8-10H,1-2,5-7,14H2. The van der Waals surface area contributed by atoms with Crippen LogP contribution in [0.2, 0.25) is 0 Å². The van der Waals surface area contributed by atoms with Crippen LogP contribution in [0.5, 0.6) is 0 Å². The smallest absolute Gasteiger partial charge is 0.255 e. The molecular formula is C13H15N3O. The molecule has 0 bridgehead atoms. The average molecular weight is 229 g/mol. The molecule has 88 valence electrons. The predicted molar refractivity (Wildman–Crippen MR) is 65.3 cm³/mol. The lowest BCUT2D eigenvalue weighted by Gasteiger charge is -2.14. The highest BCUT2D eigenvalue weighted by Gasteiger charge is 2.19. The van der Waals surface area contributed by atoms with Gasteiger partial charge in [0.15, 0.2) is 0 Å². The van der Waals surface area contributed by atoms with Gasteiger partial charge in [-0.15, -0.1) is 0 Å². The normalized spacial score (nSPS) is 14.3. The molecule has 0 saturated carbocycles. The number of pyridine rings is 1. The second kappa shape index (κ2) is 5.46. The van der Waals surface area contributed by atoms with Crippen LogP contribution in [0.25, 0.3) is 0 Å². The molecule has 0 aromatic carbocycles. The third kappa shape index (κ3) is 2.83. The highest BCUT2D eigenvalue weighted by atomic mass is 16.2. The van der Waals surface area contributed by atoms with Crippen LogP contribution in [0.3, 0.4) is 0 Å². The quantitative estimate of drug-likeness (QED) is 0.718. The van der Waals surface area contributed by atoms with Crippen LogP contribution in [0, 0.1) is 11.8 Å². The Bertz CT molecular complexity index is 467. The molecule has 1 saturated heterocycles. The largest absolute Gasteiger partial charge is 0.339 e. The molecule has 4 heteroatoms. The minimum atomic E-state index is 0.0476. The first-order chi connectivity index (χ1) is 8.31. The highest BCUT2D eigenvalue weighted by Crippen LogP contribution is 2.12. The topological polar surface area (TPSA) is 59.2 Å². The number of rotatable bonds is 1. The third-order valence-corrected chi connectivity index (χ3v) is 2.71. The summed E-state index contributed by atoms with van der Waals surface area (Å²) in [6.07, 6.45) is 5.41. The number of likely N-dealkylation sites (tertiary alicyclic amines) is 1. The fourth-order valence-corrected chi connectivity index (χ4v) is 1.88. The van der Waals surface area contributed by atoms with Crippen molar-refractivity contribution in [2.45, 2.75) is 12.8 Å². The van der Waals surface area contributed by atoms with Gasteiger partial charge in [-0.2, -0.15) is 0 Å². The molecule has 1 aromatic heterocycles. The predicted octanol–water partition coefficient (Wildman–Crippen LogP) is 0.628. The lowest BCUT2D eigenvalue weighted by molar-refractivity contribution is 0.0792. The molecule has 1 aromatic rings. The summed E-state index contributed by atoms with van der Waals surface area (Å²) in [6, 6.07) is 1.77. The Balaban J connectivity index is 2.17. The number of hydrogen-bond donors (Lipinski definition) is 1. The highest BCUT2D eigenvalue weighted by molar-refractivity contribution is 5.94. The van der Waals surface area contributed by atoms with Gasteiger partial charge in [-0.3, -0.25) is 9.78 Å². The van der Waals surface area contributed by atoms with Crippen molar-refractivity contribution in [1.82, 2.24) is 9.88 Å². The first-order valence-electron chi connectivity index (χ1n) is 5.74. The molecule has 0 spiro atoms. The van der Waals surface area contributed by atoms with Crippen molar-refractivity contribution >= 4 is 5.91 Å². The summed E-state index contributed by atoms with van der Waals surface area (Å²) in [5.41, 5.74) is 6.65. The van der Waals surface area contributed by atoms with E-state index in [1.807, 2.05) is 4.90 Å². The number of nitrogens with zero attached hydrogens (tertiary/aromatic N) is 2. The summed E-state index contributed by atoms with van der Waals surface area (Å²) in [6.45, 7) is 2.00. The number of amides is 1. The third-order valence-electron chi connectivity index (χ3n) is 2.71. The molecule has 4 nitrogen and oxygen atoms in total. The average Bonchev–Trinajstić information content (AvgIpc) is 2.89. The molecule has 0 unspecified atom stereocenters. The van der Waals surface area contributed by atoms with Gasteiger partial charge >= 0.3 is 0 Å². The summed E-state index contributed by atoms with van der Waals surface area (Å²) in [5.74, 6) is 5.68. The van der Waals surface area contributed by atoms with Crippen molar-refractivity contribution in [3.8, 4) is 11.8 Å². The summed E-state index contributed by atoms with van der Waals surface area (Å²) in [5, 5.41) is 0. The molecule has 0 radical (unpaired) electrons. The van der Waals surface area contributed by atoms with Gasteiger partial charge in [0.2, 0.25) is 0 Å². The second-order valence-corrected chi connectivity index (χ2v) is 3.97. The van der Waals surface area contributed by atoms with Crippen molar-refractivity contribution < 1.29 is 4.79 Å². The maximum Gasteiger partial charge on any atom is 0.255 e. The van der Waals surface area contributed by atoms with Gasteiger partial charge in [-0.05, 0) is 18.9 Å². The Kier molecular flexibility index (Phi) is 3.73. The fourth-order valence-electron chi connectivity index (χ4n) is 1.88. The monoisotopic (exact) mass is 229 g/mol. The van der Waals surface area contributed by atoms with E-state index >= 15 is 0 Å². The number of aromatic nitrogens is 1. The van der Waals surface area contributed by atoms with Crippen LogP contribution in [-0.4, -0.2) is 35.4 Å². The molecular weight excluding hydrogens is 214 g/mol. The number of carbonyl (C=O) groups is 1. The number of hydrogen-bond acceptors (Lipinski definition) is 3. The van der Waals surface area contributed by atoms with Gasteiger partial charge in [0.05, 0.1) is 12.1 Å². The van der Waals surface area contributed by atoms with Crippen LogP contribution in [0.1, 0.15) is 28.8 Å². The molecule has 2 rings (SSSR count). The summed E-state index contributed by atoms with van der Waals surface area (Å²) in [4.78, 5) is 18.0. The van der Waals surface area contributed by atoms with E-state index in [1.54, 1.807) is 18.5 Å². The Morgan fingerprint density at radius 1 is 1.41 bits per heavy atom. The Morgan fingerprint density at radius 3 is 2.88 bits per heavy atom. The molecule has 1 amide bonds. The summed E-state index contributed by atoms with van der Waals surface area (Å²) < 4.78 is 0. The van der Waals surface area contributed by atoms with Gasteiger partial charge < -0.3 is 10.6 Å². The Morgan fingerprint density at radius 2 is 2.18 bits per heavy atom.